The van der Waals surface area contributed by atoms with Crippen molar-refractivity contribution in [1.29, 1.82) is 0 Å². The van der Waals surface area contributed by atoms with E-state index in [0.717, 1.165) is 5.56 Å². The van der Waals surface area contributed by atoms with E-state index in [4.69, 9.17) is 14.1 Å². The quantitative estimate of drug-likeness (QED) is 0.115. The average Bonchev–Trinajstić information content (AvgIpc) is 3.77. The number of aromatic nitrogens is 2. The Morgan fingerprint density at radius 2 is 1.72 bits per heavy atom. The maximum Gasteiger partial charge on any atom is 0.255 e. The van der Waals surface area contributed by atoms with E-state index in [1.54, 1.807) is 18.2 Å². The molecule has 3 N–H and O–H groups in total. The van der Waals surface area contributed by atoms with Crippen molar-refractivity contribution in [2.24, 2.45) is 0 Å². The fourth-order valence-electron chi connectivity index (χ4n) is 6.11. The monoisotopic (exact) mass is 738 g/mol. The molecule has 3 heterocycles. The molecular formula is C40H33F3N4O5S. The lowest BCUT2D eigenvalue weighted by Crippen LogP contribution is -2.18. The van der Waals surface area contributed by atoms with Gasteiger partial charge in [-0.2, -0.15) is 0 Å². The van der Waals surface area contributed by atoms with Crippen LogP contribution in [0.4, 0.5) is 18.9 Å². The minimum absolute atomic E-state index is 0.0825. The van der Waals surface area contributed by atoms with Gasteiger partial charge in [-0.1, -0.05) is 42.5 Å². The Balaban J connectivity index is 1.41. The van der Waals surface area contributed by atoms with Crippen molar-refractivity contribution >= 4 is 43.5 Å². The highest BCUT2D eigenvalue weighted by Crippen LogP contribution is 2.41. The molecule has 0 fully saturated rings. The third-order valence-corrected chi connectivity index (χ3v) is 10.1. The molecule has 0 spiro atoms. The van der Waals surface area contributed by atoms with E-state index in [1.807, 2.05) is 30.3 Å². The Morgan fingerprint density at radius 1 is 0.943 bits per heavy atom. The number of sulfonamides is 1. The molecule has 9 nitrogen and oxygen atoms in total. The van der Waals surface area contributed by atoms with E-state index in [1.165, 1.54) is 68.6 Å². The van der Waals surface area contributed by atoms with Crippen LogP contribution in [0.5, 0.6) is 0 Å². The van der Waals surface area contributed by atoms with E-state index < -0.39 is 33.7 Å². The molecule has 1 unspecified atom stereocenters. The standard InChI is InChI=1S/C40H33F3N4O5S/c1-3-53(49,50)47-34-20-36-29(37(40(48)44-2)39(52-36)24-12-14-25(41)15-13-24)18-28(34)33-17-16-26(31(43)22-51-21-23-8-5-4-6-9-23)38(46-33)35-19-27-30(42)10-7-11-32(27)45-35/h4-20,31,45,47H,3,21-22H2,1-2H3,(H,44,48). The number of furan rings is 1. The first-order valence-electron chi connectivity index (χ1n) is 16.7. The number of rotatable bonds is 12. The summed E-state index contributed by atoms with van der Waals surface area (Å²) in [4.78, 5) is 21.3. The molecule has 4 aromatic carbocycles. The van der Waals surface area contributed by atoms with E-state index in [9.17, 15) is 22.0 Å². The number of amides is 1. The van der Waals surface area contributed by atoms with Crippen LogP contribution in [-0.4, -0.2) is 43.7 Å². The summed E-state index contributed by atoms with van der Waals surface area (Å²) in [5.74, 6) is -1.58. The first kappa shape index (κ1) is 35.5. The lowest BCUT2D eigenvalue weighted by Gasteiger charge is -2.17. The van der Waals surface area contributed by atoms with E-state index in [0.29, 0.717) is 22.2 Å². The van der Waals surface area contributed by atoms with E-state index in [-0.39, 0.29) is 69.5 Å². The van der Waals surface area contributed by atoms with Crippen LogP contribution in [0.1, 0.15) is 34.6 Å². The maximum absolute atomic E-state index is 16.2. The number of aromatic amines is 1. The highest BCUT2D eigenvalue weighted by molar-refractivity contribution is 7.92. The molecule has 0 aliphatic carbocycles. The highest BCUT2D eigenvalue weighted by atomic mass is 32.2. The zero-order valence-electron chi connectivity index (χ0n) is 28.5. The van der Waals surface area contributed by atoms with Crippen LogP contribution in [-0.2, 0) is 21.4 Å². The fourth-order valence-corrected chi connectivity index (χ4v) is 6.76. The van der Waals surface area contributed by atoms with Crippen LogP contribution in [0.25, 0.3) is 55.8 Å². The molecule has 0 aliphatic heterocycles. The Labute approximate surface area is 302 Å². The molecule has 1 amide bonds. The van der Waals surface area contributed by atoms with Gasteiger partial charge < -0.3 is 19.5 Å². The summed E-state index contributed by atoms with van der Waals surface area (Å²) in [7, 11) is -2.41. The van der Waals surface area contributed by atoms with Gasteiger partial charge in [0.25, 0.3) is 5.91 Å². The predicted molar refractivity (Wildman–Crippen MR) is 199 cm³/mol. The number of hydrogen-bond donors (Lipinski definition) is 3. The molecular weight excluding hydrogens is 706 g/mol. The van der Waals surface area contributed by atoms with Gasteiger partial charge in [0.15, 0.2) is 6.17 Å². The Morgan fingerprint density at radius 3 is 2.43 bits per heavy atom. The average molecular weight is 739 g/mol. The summed E-state index contributed by atoms with van der Waals surface area (Å²) in [6.07, 6.45) is -1.65. The third-order valence-electron chi connectivity index (χ3n) is 8.82. The number of ether oxygens (including phenoxy) is 1. The first-order valence-corrected chi connectivity index (χ1v) is 18.3. The number of alkyl halides is 1. The van der Waals surface area contributed by atoms with Crippen molar-refractivity contribution in [2.75, 3.05) is 24.1 Å². The second-order valence-electron chi connectivity index (χ2n) is 12.3. The van der Waals surface area contributed by atoms with Gasteiger partial charge in [0, 0.05) is 46.1 Å². The summed E-state index contributed by atoms with van der Waals surface area (Å²) in [5.41, 5.74) is 3.20. The van der Waals surface area contributed by atoms with Crippen molar-refractivity contribution in [1.82, 2.24) is 15.3 Å². The Hall–Kier alpha value is -5.92. The number of H-pyrrole nitrogens is 1. The second-order valence-corrected chi connectivity index (χ2v) is 14.3. The smallest absolute Gasteiger partial charge is 0.255 e. The van der Waals surface area contributed by atoms with Crippen LogP contribution in [0.3, 0.4) is 0 Å². The number of hydrogen-bond acceptors (Lipinski definition) is 6. The van der Waals surface area contributed by atoms with Gasteiger partial charge in [-0.3, -0.25) is 9.52 Å². The number of nitrogens with zero attached hydrogens (tertiary/aromatic N) is 1. The SMILES string of the molecule is CCS(=O)(=O)Nc1cc2oc(-c3ccc(F)cc3)c(C(=O)NC)c2cc1-c1ccc(C(F)COCc2ccccc2)c(-c2cc3c(F)cccc3[nH]2)n1. The minimum Gasteiger partial charge on any atom is -0.455 e. The van der Waals surface area contributed by atoms with Crippen LogP contribution in [0.2, 0.25) is 0 Å². The van der Waals surface area contributed by atoms with Gasteiger partial charge in [-0.05, 0) is 67.1 Å². The highest BCUT2D eigenvalue weighted by Gasteiger charge is 2.26. The molecule has 0 aliphatic rings. The summed E-state index contributed by atoms with van der Waals surface area (Å²) in [6.45, 7) is 1.35. The van der Waals surface area contributed by atoms with E-state index in [2.05, 4.69) is 15.0 Å². The molecule has 0 saturated heterocycles. The normalized spacial score (nSPS) is 12.3. The van der Waals surface area contributed by atoms with Gasteiger partial charge in [-0.15, -0.1) is 0 Å². The van der Waals surface area contributed by atoms with Crippen molar-refractivity contribution in [2.45, 2.75) is 19.7 Å². The lowest BCUT2D eigenvalue weighted by atomic mass is 9.99. The summed E-state index contributed by atoms with van der Waals surface area (Å²) < 4.78 is 85.2. The van der Waals surface area contributed by atoms with Gasteiger partial charge in [0.2, 0.25) is 10.0 Å². The maximum atomic E-state index is 16.2. The minimum atomic E-state index is -3.86. The number of halogens is 3. The van der Waals surface area contributed by atoms with Crippen molar-refractivity contribution in [3.05, 3.63) is 131 Å². The Kier molecular flexibility index (Phi) is 9.78. The predicted octanol–water partition coefficient (Wildman–Crippen LogP) is 8.94. The van der Waals surface area contributed by atoms with Crippen molar-refractivity contribution in [3.8, 4) is 34.0 Å². The second kappa shape index (κ2) is 14.6. The molecule has 0 saturated carbocycles. The Bertz CT molecular complexity index is 2570. The topological polar surface area (TPSA) is 126 Å². The van der Waals surface area contributed by atoms with Crippen LogP contribution < -0.4 is 10.0 Å². The molecule has 7 rings (SSSR count). The largest absolute Gasteiger partial charge is 0.455 e. The number of carbonyl (C=O) groups excluding carboxylic acids is 1. The lowest BCUT2D eigenvalue weighted by molar-refractivity contribution is 0.0696. The number of benzene rings is 4. The number of fused-ring (bicyclic) bond motifs is 2. The van der Waals surface area contributed by atoms with Crippen LogP contribution >= 0.6 is 0 Å². The van der Waals surface area contributed by atoms with Crippen molar-refractivity contribution in [3.63, 3.8) is 0 Å². The number of nitrogens with one attached hydrogen (secondary N) is 3. The third kappa shape index (κ3) is 7.26. The van der Waals surface area contributed by atoms with Gasteiger partial charge in [-0.25, -0.2) is 26.6 Å². The molecule has 53 heavy (non-hydrogen) atoms. The molecule has 0 radical (unpaired) electrons. The van der Waals surface area contributed by atoms with Crippen molar-refractivity contribution < 1.29 is 35.5 Å². The molecule has 270 valence electrons. The summed E-state index contributed by atoms with van der Waals surface area (Å²) in [6, 6.07) is 26.9. The number of anilines is 1. The zero-order valence-corrected chi connectivity index (χ0v) is 29.4. The number of pyridine rings is 1. The summed E-state index contributed by atoms with van der Waals surface area (Å²) >= 11 is 0. The van der Waals surface area contributed by atoms with Crippen LogP contribution in [0.15, 0.2) is 108 Å². The molecule has 1 atom stereocenters. The number of carbonyl (C=O) groups is 1. The van der Waals surface area contributed by atoms with Gasteiger partial charge in [0.1, 0.15) is 23.0 Å². The molecule has 0 bridgehead atoms. The first-order chi connectivity index (χ1) is 25.5. The molecule has 7 aromatic rings. The van der Waals surface area contributed by atoms with Crippen LogP contribution in [0, 0.1) is 11.6 Å². The molecule has 3 aromatic heterocycles. The van der Waals surface area contributed by atoms with E-state index >= 15 is 4.39 Å². The molecule has 13 heteroatoms. The summed E-state index contributed by atoms with van der Waals surface area (Å²) in [5, 5.41) is 3.20. The fraction of sp³-hybridized carbons (Fsp3) is 0.150. The van der Waals surface area contributed by atoms with Gasteiger partial charge >= 0.3 is 0 Å². The van der Waals surface area contributed by atoms with Gasteiger partial charge in [0.05, 0.1) is 47.3 Å². The zero-order chi connectivity index (χ0) is 37.3.